The molecule has 1 rings (SSSR count). The van der Waals surface area contributed by atoms with Crippen molar-refractivity contribution in [2.75, 3.05) is 20.2 Å². The van der Waals surface area contributed by atoms with Crippen LogP contribution in [0.2, 0.25) is 0 Å². The second-order valence-corrected chi connectivity index (χ2v) is 4.60. The van der Waals surface area contributed by atoms with Crippen LogP contribution in [0.15, 0.2) is 0 Å². The van der Waals surface area contributed by atoms with E-state index >= 15 is 0 Å². The molecule has 1 aliphatic rings. The normalized spacial score (nSPS) is 36.8. The number of piperidine rings is 1. The van der Waals surface area contributed by atoms with Gasteiger partial charge in [-0.25, -0.2) is 0 Å². The lowest BCUT2D eigenvalue weighted by molar-refractivity contribution is -0.00724. The molecule has 0 aromatic carbocycles. The Balaban J connectivity index is 2.71. The van der Waals surface area contributed by atoms with Crippen LogP contribution in [0.25, 0.3) is 0 Å². The fraction of sp³-hybridized carbons (Fsp3) is 1.00. The molecule has 1 aliphatic heterocycles. The maximum Gasteiger partial charge on any atom is 0.0462 e. The summed E-state index contributed by atoms with van der Waals surface area (Å²) < 4.78 is 0. The SMILES string of the molecule is CC1C(CO)CCN(C)C1(C)C. The summed E-state index contributed by atoms with van der Waals surface area (Å²) in [6.07, 6.45) is 1.14. The van der Waals surface area contributed by atoms with Crippen LogP contribution in [-0.4, -0.2) is 35.7 Å². The van der Waals surface area contributed by atoms with Gasteiger partial charge in [0.1, 0.15) is 0 Å². The highest BCUT2D eigenvalue weighted by molar-refractivity contribution is 4.92. The van der Waals surface area contributed by atoms with Gasteiger partial charge in [0.15, 0.2) is 0 Å². The number of nitrogens with zero attached hydrogens (tertiary/aromatic N) is 1. The fourth-order valence-corrected chi connectivity index (χ4v) is 2.07. The lowest BCUT2D eigenvalue weighted by atomic mass is 9.74. The van der Waals surface area contributed by atoms with E-state index in [1.165, 1.54) is 0 Å². The van der Waals surface area contributed by atoms with Crippen molar-refractivity contribution in [2.24, 2.45) is 11.8 Å². The van der Waals surface area contributed by atoms with Gasteiger partial charge < -0.3 is 10.0 Å². The Hall–Kier alpha value is -0.0800. The molecule has 2 atom stereocenters. The van der Waals surface area contributed by atoms with Gasteiger partial charge in [-0.3, -0.25) is 0 Å². The lowest BCUT2D eigenvalue weighted by Gasteiger charge is -2.48. The molecule has 2 unspecified atom stereocenters. The van der Waals surface area contributed by atoms with Gasteiger partial charge in [-0.05, 0) is 45.7 Å². The van der Waals surface area contributed by atoms with Crippen LogP contribution in [0, 0.1) is 11.8 Å². The minimum absolute atomic E-state index is 0.242. The standard InChI is InChI=1S/C10H21NO/c1-8-9(7-12)5-6-11(4)10(8,2)3/h8-9,12H,5-7H2,1-4H3. The second kappa shape index (κ2) is 3.35. The average Bonchev–Trinajstić information content (AvgIpc) is 2.02. The van der Waals surface area contributed by atoms with E-state index in [0.717, 1.165) is 13.0 Å². The maximum atomic E-state index is 9.16. The van der Waals surface area contributed by atoms with E-state index in [1.54, 1.807) is 0 Å². The van der Waals surface area contributed by atoms with Crippen LogP contribution >= 0.6 is 0 Å². The molecule has 1 fully saturated rings. The predicted octanol–water partition coefficient (Wildman–Crippen LogP) is 1.35. The van der Waals surface area contributed by atoms with Crippen LogP contribution in [0.1, 0.15) is 27.2 Å². The molecule has 2 nitrogen and oxygen atoms in total. The summed E-state index contributed by atoms with van der Waals surface area (Å²) in [5.74, 6) is 1.08. The van der Waals surface area contributed by atoms with Crippen molar-refractivity contribution in [3.05, 3.63) is 0 Å². The van der Waals surface area contributed by atoms with Crippen molar-refractivity contribution >= 4 is 0 Å². The van der Waals surface area contributed by atoms with Crippen molar-refractivity contribution in [3.63, 3.8) is 0 Å². The van der Waals surface area contributed by atoms with Gasteiger partial charge in [0, 0.05) is 12.1 Å². The second-order valence-electron chi connectivity index (χ2n) is 4.60. The van der Waals surface area contributed by atoms with Crippen LogP contribution in [0.4, 0.5) is 0 Å². The zero-order valence-electron chi connectivity index (χ0n) is 8.67. The summed E-state index contributed by atoms with van der Waals surface area (Å²) in [4.78, 5) is 2.39. The molecule has 0 saturated carbocycles. The van der Waals surface area contributed by atoms with E-state index in [0.29, 0.717) is 18.4 Å². The van der Waals surface area contributed by atoms with Crippen molar-refractivity contribution in [1.82, 2.24) is 4.90 Å². The minimum atomic E-state index is 0.242. The van der Waals surface area contributed by atoms with E-state index in [2.05, 4.69) is 32.7 Å². The molecule has 2 heteroatoms. The molecule has 0 amide bonds. The third kappa shape index (κ3) is 1.50. The van der Waals surface area contributed by atoms with Gasteiger partial charge in [0.05, 0.1) is 0 Å². The molecule has 1 heterocycles. The molecule has 1 saturated heterocycles. The van der Waals surface area contributed by atoms with E-state index in [4.69, 9.17) is 5.11 Å². The first-order valence-electron chi connectivity index (χ1n) is 4.82. The highest BCUT2D eigenvalue weighted by Gasteiger charge is 2.38. The van der Waals surface area contributed by atoms with E-state index in [1.807, 2.05) is 0 Å². The Labute approximate surface area is 75.6 Å². The highest BCUT2D eigenvalue weighted by Crippen LogP contribution is 2.35. The quantitative estimate of drug-likeness (QED) is 0.643. The van der Waals surface area contributed by atoms with Crippen molar-refractivity contribution < 1.29 is 5.11 Å². The first-order valence-corrected chi connectivity index (χ1v) is 4.82. The molecule has 0 bridgehead atoms. The first-order chi connectivity index (χ1) is 5.50. The summed E-state index contributed by atoms with van der Waals surface area (Å²) in [6, 6.07) is 0. The molecule has 0 aromatic rings. The molecule has 12 heavy (non-hydrogen) atoms. The monoisotopic (exact) mass is 171 g/mol. The Kier molecular flexibility index (Phi) is 2.79. The van der Waals surface area contributed by atoms with Crippen LogP contribution < -0.4 is 0 Å². The largest absolute Gasteiger partial charge is 0.396 e. The summed E-state index contributed by atoms with van der Waals surface area (Å²) in [5.41, 5.74) is 0.242. The Morgan fingerprint density at radius 3 is 2.58 bits per heavy atom. The van der Waals surface area contributed by atoms with Gasteiger partial charge in [-0.15, -0.1) is 0 Å². The molecule has 1 N–H and O–H groups in total. The predicted molar refractivity (Wildman–Crippen MR) is 51.1 cm³/mol. The minimum Gasteiger partial charge on any atom is -0.396 e. The van der Waals surface area contributed by atoms with Gasteiger partial charge >= 0.3 is 0 Å². The van der Waals surface area contributed by atoms with Gasteiger partial charge in [0.25, 0.3) is 0 Å². The fourth-order valence-electron chi connectivity index (χ4n) is 2.07. The Morgan fingerprint density at radius 2 is 2.08 bits per heavy atom. The van der Waals surface area contributed by atoms with Crippen LogP contribution in [-0.2, 0) is 0 Å². The number of aliphatic hydroxyl groups excluding tert-OH is 1. The molecule has 0 spiro atoms. The summed E-state index contributed by atoms with van der Waals surface area (Å²) in [6.45, 7) is 8.23. The van der Waals surface area contributed by atoms with Gasteiger partial charge in [-0.1, -0.05) is 6.92 Å². The number of likely N-dealkylation sites (tertiary alicyclic amines) is 1. The number of hydrogen-bond acceptors (Lipinski definition) is 2. The topological polar surface area (TPSA) is 23.5 Å². The van der Waals surface area contributed by atoms with E-state index in [9.17, 15) is 0 Å². The zero-order valence-corrected chi connectivity index (χ0v) is 8.67. The third-order valence-corrected chi connectivity index (χ3v) is 3.88. The molecule has 0 radical (unpaired) electrons. The average molecular weight is 171 g/mol. The van der Waals surface area contributed by atoms with Gasteiger partial charge in [0.2, 0.25) is 0 Å². The van der Waals surface area contributed by atoms with E-state index in [-0.39, 0.29) is 5.54 Å². The van der Waals surface area contributed by atoms with Gasteiger partial charge in [-0.2, -0.15) is 0 Å². The maximum absolute atomic E-state index is 9.16. The molecule has 0 aromatic heterocycles. The van der Waals surface area contributed by atoms with Crippen molar-refractivity contribution in [2.45, 2.75) is 32.7 Å². The molecular formula is C10H21NO. The van der Waals surface area contributed by atoms with Crippen LogP contribution in [0.5, 0.6) is 0 Å². The third-order valence-electron chi connectivity index (χ3n) is 3.88. The summed E-state index contributed by atoms with van der Waals surface area (Å²) in [5, 5.41) is 9.16. The lowest BCUT2D eigenvalue weighted by Crippen LogP contribution is -2.54. The molecule has 0 aliphatic carbocycles. The Bertz CT molecular complexity index is 156. The molecule has 72 valence electrons. The van der Waals surface area contributed by atoms with E-state index < -0.39 is 0 Å². The number of hydrogen-bond donors (Lipinski definition) is 1. The smallest absolute Gasteiger partial charge is 0.0462 e. The first kappa shape index (κ1) is 10.0. The highest BCUT2D eigenvalue weighted by atomic mass is 16.3. The summed E-state index contributed by atoms with van der Waals surface area (Å²) >= 11 is 0. The number of rotatable bonds is 1. The molecular weight excluding hydrogens is 150 g/mol. The summed E-state index contributed by atoms with van der Waals surface area (Å²) in [7, 11) is 2.17. The zero-order chi connectivity index (χ0) is 9.35. The Morgan fingerprint density at radius 1 is 1.50 bits per heavy atom. The van der Waals surface area contributed by atoms with Crippen molar-refractivity contribution in [1.29, 1.82) is 0 Å². The number of aliphatic hydroxyl groups is 1. The van der Waals surface area contributed by atoms with Crippen LogP contribution in [0.3, 0.4) is 0 Å². The van der Waals surface area contributed by atoms with Crippen molar-refractivity contribution in [3.8, 4) is 0 Å².